The van der Waals surface area contributed by atoms with Crippen molar-refractivity contribution in [3.8, 4) is 23.5 Å². The van der Waals surface area contributed by atoms with E-state index < -0.39 is 0 Å². The Morgan fingerprint density at radius 2 is 2.17 bits per heavy atom. The molecule has 0 aliphatic carbocycles. The summed E-state index contributed by atoms with van der Waals surface area (Å²) in [5.74, 6) is 2.62. The summed E-state index contributed by atoms with van der Waals surface area (Å²) in [6.07, 6.45) is 6.30. The molecule has 0 fully saturated rings. The molecule has 2 N–H and O–H groups in total. The minimum Gasteiger partial charge on any atom is -0.390 e. The van der Waals surface area contributed by atoms with Crippen molar-refractivity contribution in [2.45, 2.75) is 19.8 Å². The second kappa shape index (κ2) is 7.79. The maximum absolute atomic E-state index is 13.2. The molecule has 0 spiro atoms. The van der Waals surface area contributed by atoms with E-state index in [9.17, 15) is 9.18 Å². The highest BCUT2D eigenvalue weighted by atomic mass is 32.2. The SMILES string of the molecule is C#CCSC(=O)n1nc(C(C)C)c(-c2ccc(F)cc2)c1/N=C\N. The topological polar surface area (TPSA) is 73.3 Å². The maximum Gasteiger partial charge on any atom is 0.308 e. The number of aromatic nitrogens is 2. The minimum atomic E-state index is -0.346. The van der Waals surface area contributed by atoms with Gasteiger partial charge in [0.25, 0.3) is 0 Å². The number of nitrogens with zero attached hydrogens (tertiary/aromatic N) is 3. The van der Waals surface area contributed by atoms with Gasteiger partial charge in [-0.1, -0.05) is 31.9 Å². The fourth-order valence-electron chi connectivity index (χ4n) is 2.20. The molecule has 5 nitrogen and oxygen atoms in total. The number of carbonyl (C=O) groups is 1. The molecule has 24 heavy (non-hydrogen) atoms. The highest BCUT2D eigenvalue weighted by Gasteiger charge is 2.24. The molecular formula is C17H17FN4OS. The molecular weight excluding hydrogens is 327 g/mol. The number of hydrogen-bond donors (Lipinski definition) is 1. The van der Waals surface area contributed by atoms with E-state index in [0.29, 0.717) is 22.6 Å². The molecule has 7 heteroatoms. The van der Waals surface area contributed by atoms with Crippen molar-refractivity contribution in [1.29, 1.82) is 0 Å². The van der Waals surface area contributed by atoms with Crippen LogP contribution in [0.1, 0.15) is 25.5 Å². The normalized spacial score (nSPS) is 11.1. The van der Waals surface area contributed by atoms with E-state index in [1.807, 2.05) is 13.8 Å². The smallest absolute Gasteiger partial charge is 0.308 e. The fraction of sp³-hybridized carbons (Fsp3) is 0.235. The highest BCUT2D eigenvalue weighted by Crippen LogP contribution is 2.38. The summed E-state index contributed by atoms with van der Waals surface area (Å²) >= 11 is 0.952. The molecule has 0 bridgehead atoms. The van der Waals surface area contributed by atoms with Crippen molar-refractivity contribution < 1.29 is 9.18 Å². The first-order valence-electron chi connectivity index (χ1n) is 7.23. The van der Waals surface area contributed by atoms with Crippen LogP contribution in [-0.2, 0) is 0 Å². The van der Waals surface area contributed by atoms with E-state index in [-0.39, 0.29) is 22.7 Å². The van der Waals surface area contributed by atoms with Crippen molar-refractivity contribution in [1.82, 2.24) is 9.78 Å². The van der Waals surface area contributed by atoms with Crippen LogP contribution in [0.2, 0.25) is 0 Å². The first kappa shape index (κ1) is 17.8. The molecule has 1 aromatic heterocycles. The van der Waals surface area contributed by atoms with Crippen LogP contribution in [0.25, 0.3) is 11.1 Å². The Morgan fingerprint density at radius 1 is 1.50 bits per heavy atom. The van der Waals surface area contributed by atoms with Crippen LogP contribution in [0.4, 0.5) is 15.0 Å². The van der Waals surface area contributed by atoms with Gasteiger partial charge in [0.2, 0.25) is 0 Å². The second-order valence-corrected chi connectivity index (χ2v) is 6.12. The third kappa shape index (κ3) is 3.66. The Morgan fingerprint density at radius 3 is 2.71 bits per heavy atom. The number of aliphatic imine (C=N–C) groups is 1. The Kier molecular flexibility index (Phi) is 5.77. The number of benzene rings is 1. The molecule has 0 amide bonds. The van der Waals surface area contributed by atoms with Gasteiger partial charge in [0.15, 0.2) is 5.82 Å². The van der Waals surface area contributed by atoms with Gasteiger partial charge in [-0.3, -0.25) is 4.79 Å². The molecule has 1 aromatic carbocycles. The molecule has 124 valence electrons. The molecule has 0 unspecified atom stereocenters. The fourth-order valence-corrected chi connectivity index (χ4v) is 2.66. The van der Waals surface area contributed by atoms with Gasteiger partial charge >= 0.3 is 5.24 Å². The lowest BCUT2D eigenvalue weighted by atomic mass is 9.99. The maximum atomic E-state index is 13.2. The molecule has 2 aromatic rings. The average Bonchev–Trinajstić information content (AvgIpc) is 2.93. The van der Waals surface area contributed by atoms with E-state index in [1.165, 1.54) is 16.8 Å². The quantitative estimate of drug-likeness (QED) is 0.520. The number of carbonyl (C=O) groups excluding carboxylic acids is 1. The highest BCUT2D eigenvalue weighted by molar-refractivity contribution is 8.13. The van der Waals surface area contributed by atoms with Crippen molar-refractivity contribution in [2.24, 2.45) is 10.7 Å². The molecule has 0 saturated carbocycles. The predicted molar refractivity (Wildman–Crippen MR) is 96.1 cm³/mol. The van der Waals surface area contributed by atoms with Crippen LogP contribution in [0.5, 0.6) is 0 Å². The van der Waals surface area contributed by atoms with E-state index in [4.69, 9.17) is 12.2 Å². The van der Waals surface area contributed by atoms with Gasteiger partial charge in [-0.15, -0.1) is 6.42 Å². The summed E-state index contributed by atoms with van der Waals surface area (Å²) in [6, 6.07) is 5.94. The summed E-state index contributed by atoms with van der Waals surface area (Å²) in [7, 11) is 0. The van der Waals surface area contributed by atoms with Gasteiger partial charge < -0.3 is 5.73 Å². The summed E-state index contributed by atoms with van der Waals surface area (Å²) in [5.41, 5.74) is 7.48. The first-order valence-corrected chi connectivity index (χ1v) is 8.21. The summed E-state index contributed by atoms with van der Waals surface area (Å²) in [6.45, 7) is 3.91. The van der Waals surface area contributed by atoms with Crippen LogP contribution >= 0.6 is 11.8 Å². The van der Waals surface area contributed by atoms with Crippen molar-refractivity contribution in [3.05, 3.63) is 35.8 Å². The van der Waals surface area contributed by atoms with Crippen molar-refractivity contribution in [2.75, 3.05) is 5.75 Å². The standard InChI is InChI=1S/C17H17FN4OS/c1-4-9-24-17(23)22-16(20-10-19)14(15(21-22)11(2)3)12-5-7-13(18)8-6-12/h1,5-8,10-11H,9H2,2-3H3,(H2,19,20). The number of nitrogens with two attached hydrogens (primary N) is 1. The Labute approximate surface area is 144 Å². The number of rotatable bonds is 4. The number of halogens is 1. The summed E-state index contributed by atoms with van der Waals surface area (Å²) in [4.78, 5) is 16.5. The average molecular weight is 344 g/mol. The molecule has 2 rings (SSSR count). The van der Waals surface area contributed by atoms with Crippen LogP contribution in [0, 0.1) is 18.2 Å². The zero-order chi connectivity index (χ0) is 17.7. The van der Waals surface area contributed by atoms with Crippen LogP contribution in [0.15, 0.2) is 29.3 Å². The molecule has 0 radical (unpaired) electrons. The Bertz CT molecular complexity index is 803. The number of thioether (sulfide) groups is 1. The molecule has 0 atom stereocenters. The predicted octanol–water partition coefficient (Wildman–Crippen LogP) is 3.77. The van der Waals surface area contributed by atoms with Gasteiger partial charge in [-0.25, -0.2) is 9.38 Å². The zero-order valence-corrected chi connectivity index (χ0v) is 14.2. The lowest BCUT2D eigenvalue weighted by Gasteiger charge is -2.06. The molecule has 0 aliphatic heterocycles. The van der Waals surface area contributed by atoms with E-state index in [1.54, 1.807) is 12.1 Å². The Hall–Kier alpha value is -2.59. The van der Waals surface area contributed by atoms with E-state index in [2.05, 4.69) is 16.0 Å². The van der Waals surface area contributed by atoms with Gasteiger partial charge in [0, 0.05) is 0 Å². The Balaban J connectivity index is 2.66. The molecule has 0 saturated heterocycles. The largest absolute Gasteiger partial charge is 0.390 e. The van der Waals surface area contributed by atoms with Crippen LogP contribution < -0.4 is 5.73 Å². The van der Waals surface area contributed by atoms with Crippen LogP contribution in [-0.4, -0.2) is 27.1 Å². The zero-order valence-electron chi connectivity index (χ0n) is 13.4. The van der Waals surface area contributed by atoms with Crippen molar-refractivity contribution >= 4 is 29.2 Å². The number of terminal acetylenes is 1. The minimum absolute atomic E-state index is 0.0310. The van der Waals surface area contributed by atoms with E-state index in [0.717, 1.165) is 18.1 Å². The third-order valence-electron chi connectivity index (χ3n) is 3.22. The van der Waals surface area contributed by atoms with Gasteiger partial charge in [-0.2, -0.15) is 9.78 Å². The lowest BCUT2D eigenvalue weighted by Crippen LogP contribution is -2.08. The molecule has 1 heterocycles. The lowest BCUT2D eigenvalue weighted by molar-refractivity contribution is 0.260. The van der Waals surface area contributed by atoms with E-state index >= 15 is 0 Å². The van der Waals surface area contributed by atoms with Gasteiger partial charge in [0.1, 0.15) is 5.82 Å². The van der Waals surface area contributed by atoms with Gasteiger partial charge in [0.05, 0.1) is 23.3 Å². The first-order chi connectivity index (χ1) is 11.5. The van der Waals surface area contributed by atoms with Crippen molar-refractivity contribution in [3.63, 3.8) is 0 Å². The van der Waals surface area contributed by atoms with Gasteiger partial charge in [-0.05, 0) is 35.4 Å². The third-order valence-corrected chi connectivity index (χ3v) is 3.95. The summed E-state index contributed by atoms with van der Waals surface area (Å²) < 4.78 is 14.4. The number of hydrogen-bond acceptors (Lipinski definition) is 4. The second-order valence-electron chi connectivity index (χ2n) is 5.19. The van der Waals surface area contributed by atoms with Crippen LogP contribution in [0.3, 0.4) is 0 Å². The summed E-state index contributed by atoms with van der Waals surface area (Å²) in [5, 5.41) is 4.05. The molecule has 0 aliphatic rings. The monoisotopic (exact) mass is 344 g/mol.